The minimum atomic E-state index is -0.186. The lowest BCUT2D eigenvalue weighted by atomic mass is 9.98. The number of para-hydroxylation sites is 1. The standard InChI is InChI=1S/C16H22N2O2/c1-2-20-16(19)14-11-7-4-8-12-15(14)18-17-13-9-5-3-6-10-13/h3,5-6,9-10,14,17H,2,4,7-8,11-12H2,1H3/b18-15-/t14-/m1/s1. The van der Waals surface area contributed by atoms with E-state index in [2.05, 4.69) is 10.5 Å². The lowest BCUT2D eigenvalue weighted by Crippen LogP contribution is -2.26. The smallest absolute Gasteiger partial charge is 0.314 e. The highest BCUT2D eigenvalue weighted by atomic mass is 16.5. The van der Waals surface area contributed by atoms with Crippen LogP contribution in [0.5, 0.6) is 0 Å². The Balaban J connectivity index is 2.09. The maximum atomic E-state index is 12.0. The number of nitrogens with one attached hydrogen (secondary N) is 1. The van der Waals surface area contributed by atoms with Crippen molar-refractivity contribution in [2.75, 3.05) is 12.0 Å². The molecule has 20 heavy (non-hydrogen) atoms. The summed E-state index contributed by atoms with van der Waals surface area (Å²) in [6.45, 7) is 2.27. The summed E-state index contributed by atoms with van der Waals surface area (Å²) in [6.07, 6.45) is 5.01. The normalized spacial score (nSPS) is 21.2. The molecule has 0 amide bonds. The first-order chi connectivity index (χ1) is 9.81. The second-order valence-electron chi connectivity index (χ2n) is 4.98. The van der Waals surface area contributed by atoms with E-state index in [0.29, 0.717) is 6.61 Å². The third-order valence-corrected chi connectivity index (χ3v) is 3.50. The van der Waals surface area contributed by atoms with Gasteiger partial charge in [-0.15, -0.1) is 0 Å². The highest BCUT2D eigenvalue weighted by Gasteiger charge is 2.27. The lowest BCUT2D eigenvalue weighted by molar-refractivity contribution is -0.145. The van der Waals surface area contributed by atoms with Crippen LogP contribution in [0.2, 0.25) is 0 Å². The summed E-state index contributed by atoms with van der Waals surface area (Å²) in [5.74, 6) is -0.323. The molecule has 0 aliphatic heterocycles. The number of hydrogen-bond acceptors (Lipinski definition) is 4. The van der Waals surface area contributed by atoms with Gasteiger partial charge in [0.15, 0.2) is 0 Å². The van der Waals surface area contributed by atoms with Crippen molar-refractivity contribution in [1.82, 2.24) is 0 Å². The Hall–Kier alpha value is -1.84. The van der Waals surface area contributed by atoms with Gasteiger partial charge in [-0.3, -0.25) is 10.2 Å². The monoisotopic (exact) mass is 274 g/mol. The highest BCUT2D eigenvalue weighted by Crippen LogP contribution is 2.22. The zero-order chi connectivity index (χ0) is 14.2. The topological polar surface area (TPSA) is 50.7 Å². The molecule has 1 aliphatic rings. The molecule has 0 radical (unpaired) electrons. The van der Waals surface area contributed by atoms with Crippen molar-refractivity contribution in [3.8, 4) is 0 Å². The number of nitrogens with zero attached hydrogens (tertiary/aromatic N) is 1. The first-order valence-electron chi connectivity index (χ1n) is 7.35. The summed E-state index contributed by atoms with van der Waals surface area (Å²) in [5, 5.41) is 4.46. The highest BCUT2D eigenvalue weighted by molar-refractivity contribution is 6.02. The molecule has 4 nitrogen and oxygen atoms in total. The molecule has 0 aromatic heterocycles. The lowest BCUT2D eigenvalue weighted by Gasteiger charge is -2.15. The number of esters is 1. The van der Waals surface area contributed by atoms with Crippen LogP contribution in [-0.4, -0.2) is 18.3 Å². The molecular weight excluding hydrogens is 252 g/mol. The molecule has 1 aromatic carbocycles. The molecule has 1 saturated carbocycles. The van der Waals surface area contributed by atoms with Gasteiger partial charge in [0.1, 0.15) is 0 Å². The number of hydrogen-bond donors (Lipinski definition) is 1. The second kappa shape index (κ2) is 7.68. The predicted octanol–water partition coefficient (Wildman–Crippen LogP) is 3.60. The van der Waals surface area contributed by atoms with E-state index in [1.54, 1.807) is 0 Å². The summed E-state index contributed by atoms with van der Waals surface area (Å²) in [5.41, 5.74) is 4.91. The van der Waals surface area contributed by atoms with Gasteiger partial charge < -0.3 is 4.74 Å². The van der Waals surface area contributed by atoms with Crippen LogP contribution < -0.4 is 5.43 Å². The van der Waals surface area contributed by atoms with E-state index >= 15 is 0 Å². The third kappa shape index (κ3) is 4.08. The van der Waals surface area contributed by atoms with E-state index in [-0.39, 0.29) is 11.9 Å². The summed E-state index contributed by atoms with van der Waals surface area (Å²) in [7, 11) is 0. The molecule has 108 valence electrons. The minimum Gasteiger partial charge on any atom is -0.465 e. The van der Waals surface area contributed by atoms with Gasteiger partial charge in [-0.25, -0.2) is 0 Å². The van der Waals surface area contributed by atoms with Crippen LogP contribution in [0.1, 0.15) is 39.0 Å². The van der Waals surface area contributed by atoms with Crippen LogP contribution in [0.4, 0.5) is 5.69 Å². The quantitative estimate of drug-likeness (QED) is 0.518. The molecule has 2 rings (SSSR count). The van der Waals surface area contributed by atoms with Crippen molar-refractivity contribution >= 4 is 17.4 Å². The molecule has 1 aromatic rings. The van der Waals surface area contributed by atoms with Gasteiger partial charge in [-0.2, -0.15) is 5.10 Å². The molecule has 1 atom stereocenters. The molecule has 0 heterocycles. The van der Waals surface area contributed by atoms with Crippen LogP contribution in [0.25, 0.3) is 0 Å². The molecule has 1 fully saturated rings. The molecule has 0 bridgehead atoms. The SMILES string of the molecule is CCOC(=O)[C@@H]1CCCCC/C1=N/Nc1ccccc1. The predicted molar refractivity (Wildman–Crippen MR) is 80.7 cm³/mol. The molecule has 4 heteroatoms. The summed E-state index contributed by atoms with van der Waals surface area (Å²) < 4.78 is 5.17. The molecular formula is C16H22N2O2. The van der Waals surface area contributed by atoms with Crippen LogP contribution in [-0.2, 0) is 9.53 Å². The average molecular weight is 274 g/mol. The Labute approximate surface area is 120 Å². The fourth-order valence-electron chi connectivity index (χ4n) is 2.45. The number of ether oxygens (including phenoxy) is 1. The molecule has 0 spiro atoms. The fraction of sp³-hybridized carbons (Fsp3) is 0.500. The number of hydrazone groups is 1. The maximum Gasteiger partial charge on any atom is 0.314 e. The van der Waals surface area contributed by atoms with Crippen molar-refractivity contribution in [3.63, 3.8) is 0 Å². The first kappa shape index (κ1) is 14.6. The summed E-state index contributed by atoms with van der Waals surface area (Å²) in [4.78, 5) is 12.0. The Morgan fingerprint density at radius 2 is 2.10 bits per heavy atom. The van der Waals surface area contributed by atoms with Crippen molar-refractivity contribution in [3.05, 3.63) is 30.3 Å². The maximum absolute atomic E-state index is 12.0. The Morgan fingerprint density at radius 1 is 1.30 bits per heavy atom. The van der Waals surface area contributed by atoms with Crippen molar-refractivity contribution in [2.24, 2.45) is 11.0 Å². The van der Waals surface area contributed by atoms with Gasteiger partial charge in [-0.05, 0) is 38.3 Å². The van der Waals surface area contributed by atoms with Gasteiger partial charge >= 0.3 is 5.97 Å². The van der Waals surface area contributed by atoms with E-state index < -0.39 is 0 Å². The van der Waals surface area contributed by atoms with Crippen LogP contribution in [0.15, 0.2) is 35.4 Å². The van der Waals surface area contributed by atoms with Gasteiger partial charge in [0.25, 0.3) is 0 Å². The molecule has 1 aliphatic carbocycles. The number of carbonyl (C=O) groups is 1. The second-order valence-corrected chi connectivity index (χ2v) is 4.98. The average Bonchev–Trinajstić information content (AvgIpc) is 2.72. The van der Waals surface area contributed by atoms with E-state index in [1.807, 2.05) is 37.3 Å². The third-order valence-electron chi connectivity index (χ3n) is 3.50. The fourth-order valence-corrected chi connectivity index (χ4v) is 2.45. The zero-order valence-corrected chi connectivity index (χ0v) is 12.0. The van der Waals surface area contributed by atoms with E-state index in [4.69, 9.17) is 4.74 Å². The summed E-state index contributed by atoms with van der Waals surface area (Å²) >= 11 is 0. The Morgan fingerprint density at radius 3 is 2.85 bits per heavy atom. The van der Waals surface area contributed by atoms with Crippen LogP contribution in [0, 0.1) is 5.92 Å². The van der Waals surface area contributed by atoms with Crippen LogP contribution in [0.3, 0.4) is 0 Å². The Kier molecular flexibility index (Phi) is 5.59. The van der Waals surface area contributed by atoms with Crippen molar-refractivity contribution < 1.29 is 9.53 Å². The number of anilines is 1. The van der Waals surface area contributed by atoms with Gasteiger partial charge in [0, 0.05) is 0 Å². The largest absolute Gasteiger partial charge is 0.465 e. The van der Waals surface area contributed by atoms with Gasteiger partial charge in [-0.1, -0.05) is 31.0 Å². The minimum absolute atomic E-state index is 0.136. The van der Waals surface area contributed by atoms with E-state index in [1.165, 1.54) is 0 Å². The van der Waals surface area contributed by atoms with Gasteiger partial charge in [0.2, 0.25) is 0 Å². The van der Waals surface area contributed by atoms with E-state index in [0.717, 1.165) is 43.5 Å². The number of carbonyl (C=O) groups excluding carboxylic acids is 1. The van der Waals surface area contributed by atoms with Crippen LogP contribution >= 0.6 is 0 Å². The van der Waals surface area contributed by atoms with E-state index in [9.17, 15) is 4.79 Å². The first-order valence-corrected chi connectivity index (χ1v) is 7.35. The zero-order valence-electron chi connectivity index (χ0n) is 12.0. The van der Waals surface area contributed by atoms with Crippen molar-refractivity contribution in [2.45, 2.75) is 39.0 Å². The van der Waals surface area contributed by atoms with Gasteiger partial charge in [0.05, 0.1) is 23.9 Å². The molecule has 1 N–H and O–H groups in total. The Bertz CT molecular complexity index is 457. The van der Waals surface area contributed by atoms with Crippen molar-refractivity contribution in [1.29, 1.82) is 0 Å². The number of rotatable bonds is 4. The number of benzene rings is 1. The molecule has 0 unspecified atom stereocenters. The summed E-state index contributed by atoms with van der Waals surface area (Å²) in [6, 6.07) is 9.79. The molecule has 0 saturated heterocycles.